The molecule has 5 aromatic rings. The number of nitrogens with one attached hydrogen (secondary N) is 1. The van der Waals surface area contributed by atoms with Crippen LogP contribution in [0.25, 0.3) is 22.3 Å². The largest absolute Gasteiger partial charge is 0.508 e. The summed E-state index contributed by atoms with van der Waals surface area (Å²) in [5, 5.41) is 43.0. The minimum absolute atomic E-state index is 0.139. The van der Waals surface area contributed by atoms with E-state index in [9.17, 15) is 20.4 Å². The van der Waals surface area contributed by atoms with E-state index in [2.05, 4.69) is 32.7 Å². The van der Waals surface area contributed by atoms with Crippen molar-refractivity contribution in [2.75, 3.05) is 0 Å². The van der Waals surface area contributed by atoms with Gasteiger partial charge in [-0.2, -0.15) is 0 Å². The summed E-state index contributed by atoms with van der Waals surface area (Å²) >= 11 is 0. The van der Waals surface area contributed by atoms with Crippen molar-refractivity contribution in [2.45, 2.75) is 34.1 Å². The Bertz CT molecular complexity index is 2570. The molecule has 7 heteroatoms. The average Bonchev–Trinajstić information content (AvgIpc) is 3.96. The molecule has 5 N–H and O–H groups in total. The molecule has 4 aliphatic rings. The Kier molecular flexibility index (Phi) is 8.02. The van der Waals surface area contributed by atoms with E-state index in [1.54, 1.807) is 48.5 Å². The number of phenolic OH excluding ortho intramolecular Hbond substituents is 4. The van der Waals surface area contributed by atoms with Gasteiger partial charge in [0, 0.05) is 33.7 Å². The van der Waals surface area contributed by atoms with E-state index in [1.807, 2.05) is 85.0 Å². The third-order valence-corrected chi connectivity index (χ3v) is 12.1. The highest BCUT2D eigenvalue weighted by Crippen LogP contribution is 2.62. The van der Waals surface area contributed by atoms with E-state index >= 15 is 0 Å². The van der Waals surface area contributed by atoms with Gasteiger partial charge >= 0.3 is 0 Å². The zero-order valence-electron chi connectivity index (χ0n) is 31.6. The first-order valence-corrected chi connectivity index (χ1v) is 18.8. The van der Waals surface area contributed by atoms with Crippen LogP contribution < -0.4 is 0 Å². The Morgan fingerprint density at radius 1 is 0.446 bits per heavy atom. The molecule has 1 aromatic heterocycles. The number of nitrogens with zero attached hydrogens (tertiary/aromatic N) is 2. The van der Waals surface area contributed by atoms with Crippen LogP contribution in [0.1, 0.15) is 67.8 Å². The zero-order valence-corrected chi connectivity index (χ0v) is 31.6. The van der Waals surface area contributed by atoms with Gasteiger partial charge in [0.1, 0.15) is 23.0 Å². The number of aromatic amines is 1. The number of fused-ring (bicyclic) bond motifs is 6. The number of hydrogen-bond acceptors (Lipinski definition) is 6. The van der Waals surface area contributed by atoms with Crippen LogP contribution in [-0.4, -0.2) is 36.8 Å². The number of aromatic hydroxyl groups is 4. The number of H-pyrrole nitrogens is 1. The topological polar surface area (TPSA) is 121 Å². The van der Waals surface area contributed by atoms with Crippen molar-refractivity contribution in [3.05, 3.63) is 190 Å². The number of allylic oxidation sites excluding steroid dienone is 8. The molecule has 7 nitrogen and oxygen atoms in total. The van der Waals surface area contributed by atoms with Crippen molar-refractivity contribution in [3.8, 4) is 23.0 Å². The van der Waals surface area contributed by atoms with E-state index in [1.165, 1.54) is 0 Å². The number of hydrogen-bond donors (Lipinski definition) is 5. The summed E-state index contributed by atoms with van der Waals surface area (Å²) in [7, 11) is 0. The van der Waals surface area contributed by atoms with Crippen LogP contribution in [0.2, 0.25) is 0 Å². The van der Waals surface area contributed by atoms with Gasteiger partial charge in [0.05, 0.1) is 22.8 Å². The zero-order chi connectivity index (χ0) is 38.9. The molecule has 1 aliphatic carbocycles. The smallest absolute Gasteiger partial charge is 0.116 e. The van der Waals surface area contributed by atoms with E-state index < -0.39 is 10.8 Å². The van der Waals surface area contributed by atoms with Gasteiger partial charge in [-0.25, -0.2) is 9.98 Å². The lowest BCUT2D eigenvalue weighted by Crippen LogP contribution is -2.30. The molecule has 3 aliphatic heterocycles. The number of aromatic nitrogens is 1. The molecule has 0 saturated heterocycles. The summed E-state index contributed by atoms with van der Waals surface area (Å²) in [5.41, 5.74) is 12.8. The molecule has 56 heavy (non-hydrogen) atoms. The lowest BCUT2D eigenvalue weighted by atomic mass is 9.65. The first-order chi connectivity index (χ1) is 26.9. The normalized spacial score (nSPS) is 23.4. The van der Waals surface area contributed by atoms with Gasteiger partial charge < -0.3 is 25.4 Å². The summed E-state index contributed by atoms with van der Waals surface area (Å²) in [4.78, 5) is 14.5. The van der Waals surface area contributed by atoms with Gasteiger partial charge in [-0.3, -0.25) is 0 Å². The fourth-order valence-corrected chi connectivity index (χ4v) is 8.62. The quantitative estimate of drug-likeness (QED) is 0.126. The standard InChI is InChI=1S/C49H41N3O4/c1-48(2)36-27-37(49(48,3)4)45(29-10-6-14-33(54)24-29)39-18-20-41(51-39)47(31-12-8-16-35(56)26-31)43-22-21-42(52-43)46(30-11-7-15-34(55)25-30)40-19-17-38(50-40)44(36)28-9-5-13-32(53)23-28/h5-26,52-56H,27H2,1-4H3/b44-36+,45-37+,46-40-,47-41-. The summed E-state index contributed by atoms with van der Waals surface area (Å²) < 4.78 is 0. The molecule has 276 valence electrons. The van der Waals surface area contributed by atoms with Gasteiger partial charge in [-0.1, -0.05) is 76.2 Å². The summed E-state index contributed by atoms with van der Waals surface area (Å²) in [6.07, 6.45) is 8.71. The first kappa shape index (κ1) is 34.9. The van der Waals surface area contributed by atoms with Crippen LogP contribution in [0.4, 0.5) is 0 Å². The Morgan fingerprint density at radius 3 is 1.12 bits per heavy atom. The van der Waals surface area contributed by atoms with Crippen molar-refractivity contribution in [1.82, 2.24) is 4.98 Å². The maximum Gasteiger partial charge on any atom is 0.116 e. The highest BCUT2D eigenvalue weighted by molar-refractivity contribution is 6.34. The van der Waals surface area contributed by atoms with Crippen LogP contribution in [0.15, 0.2) is 166 Å². The first-order valence-electron chi connectivity index (χ1n) is 18.8. The lowest BCUT2D eigenvalue weighted by molar-refractivity contribution is 0.234. The second-order valence-corrected chi connectivity index (χ2v) is 15.8. The van der Waals surface area contributed by atoms with Crippen LogP contribution in [0, 0.1) is 10.8 Å². The van der Waals surface area contributed by atoms with Crippen LogP contribution in [0.3, 0.4) is 0 Å². The third-order valence-electron chi connectivity index (χ3n) is 12.1. The van der Waals surface area contributed by atoms with Crippen molar-refractivity contribution in [3.63, 3.8) is 0 Å². The molecule has 0 spiro atoms. The molecule has 0 radical (unpaired) electrons. The number of benzene rings is 4. The van der Waals surface area contributed by atoms with E-state index in [0.29, 0.717) is 17.8 Å². The summed E-state index contributed by atoms with van der Waals surface area (Å²) in [6, 6.07) is 33.1. The van der Waals surface area contributed by atoms with Crippen molar-refractivity contribution >= 4 is 33.7 Å². The predicted molar refractivity (Wildman–Crippen MR) is 224 cm³/mol. The molecule has 9 rings (SSSR count). The lowest BCUT2D eigenvalue weighted by Gasteiger charge is -2.38. The Balaban J connectivity index is 1.44. The van der Waals surface area contributed by atoms with Gasteiger partial charge in [-0.05, 0) is 136 Å². The molecular formula is C49H41N3O4. The molecule has 1 fully saturated rings. The molecule has 4 heterocycles. The highest BCUT2D eigenvalue weighted by atomic mass is 16.3. The Morgan fingerprint density at radius 2 is 0.786 bits per heavy atom. The molecule has 0 amide bonds. The monoisotopic (exact) mass is 735 g/mol. The fourth-order valence-electron chi connectivity index (χ4n) is 8.62. The summed E-state index contributed by atoms with van der Waals surface area (Å²) in [6.45, 7) is 9.10. The van der Waals surface area contributed by atoms with Crippen molar-refractivity contribution in [2.24, 2.45) is 20.8 Å². The Labute approximate surface area is 325 Å². The molecule has 1 saturated carbocycles. The van der Waals surface area contributed by atoms with Crippen LogP contribution >= 0.6 is 0 Å². The number of phenols is 4. The van der Waals surface area contributed by atoms with E-state index in [0.717, 1.165) is 78.5 Å². The molecule has 0 unspecified atom stereocenters. The van der Waals surface area contributed by atoms with Gasteiger partial charge in [0.25, 0.3) is 0 Å². The van der Waals surface area contributed by atoms with E-state index in [4.69, 9.17) is 9.98 Å². The van der Waals surface area contributed by atoms with Gasteiger partial charge in [0.2, 0.25) is 0 Å². The average molecular weight is 736 g/mol. The molecular weight excluding hydrogens is 695 g/mol. The molecule has 8 bridgehead atoms. The Hall–Kier alpha value is -6.86. The minimum atomic E-state index is -0.418. The van der Waals surface area contributed by atoms with Crippen molar-refractivity contribution < 1.29 is 20.4 Å². The SMILES string of the molecule is CC1(C)/C2=C(\c3cccc(O)c3)C3=N/C(=C(/c4cccc(O)c4)c4ccc([nH]4)/C(c4cccc(O)c4)=C4/C=CC(=N4)/C(c4cccc(O)c4)=C(\C2)C1(C)C)C=C3. The number of rotatable bonds is 4. The molecule has 4 aromatic carbocycles. The third kappa shape index (κ3) is 5.66. The minimum Gasteiger partial charge on any atom is -0.508 e. The number of aliphatic imine (C=N–C) groups is 2. The fraction of sp³-hybridized carbons (Fsp3) is 0.143. The second-order valence-electron chi connectivity index (χ2n) is 15.8. The van der Waals surface area contributed by atoms with Crippen LogP contribution in [-0.2, 0) is 0 Å². The maximum absolute atomic E-state index is 10.8. The van der Waals surface area contributed by atoms with Gasteiger partial charge in [0.15, 0.2) is 0 Å². The van der Waals surface area contributed by atoms with E-state index in [-0.39, 0.29) is 23.0 Å². The van der Waals surface area contributed by atoms with Crippen molar-refractivity contribution in [1.29, 1.82) is 0 Å². The highest BCUT2D eigenvalue weighted by Gasteiger charge is 2.51. The maximum atomic E-state index is 10.8. The van der Waals surface area contributed by atoms with Crippen LogP contribution in [0.5, 0.6) is 23.0 Å². The summed E-state index contributed by atoms with van der Waals surface area (Å²) in [5.74, 6) is 0.610. The molecule has 0 atom stereocenters. The predicted octanol–water partition coefficient (Wildman–Crippen LogP) is 10.8. The second kappa shape index (κ2) is 12.9. The van der Waals surface area contributed by atoms with Gasteiger partial charge in [-0.15, -0.1) is 0 Å².